The van der Waals surface area contributed by atoms with E-state index in [1.807, 2.05) is 0 Å². The minimum Gasteiger partial charge on any atom is -0.481 e. The number of aliphatic carboxylic acids is 1. The normalized spacial score (nSPS) is 22.7. The molecule has 0 atom stereocenters. The van der Waals surface area contributed by atoms with Crippen molar-refractivity contribution >= 4 is 22.1 Å². The van der Waals surface area contributed by atoms with E-state index in [4.69, 9.17) is 5.11 Å². The Morgan fingerprint density at radius 1 is 1.19 bits per heavy atom. The molecule has 1 aromatic carbocycles. The zero-order valence-corrected chi connectivity index (χ0v) is 12.5. The molecule has 2 N–H and O–H groups in total. The van der Waals surface area contributed by atoms with E-state index in [2.05, 4.69) is 11.3 Å². The number of benzene rings is 1. The average molecular weight is 309 g/mol. The molecule has 1 aromatic rings. The molecule has 1 saturated carbocycles. The quantitative estimate of drug-likeness (QED) is 0.874. The molecular formula is C15H19NO4S. The first kappa shape index (κ1) is 15.7. The smallest absolute Gasteiger partial charge is 0.306 e. The van der Waals surface area contributed by atoms with Crippen molar-refractivity contribution in [1.82, 2.24) is 4.72 Å². The second-order valence-electron chi connectivity index (χ2n) is 5.28. The van der Waals surface area contributed by atoms with Gasteiger partial charge in [0.25, 0.3) is 0 Å². The summed E-state index contributed by atoms with van der Waals surface area (Å²) in [6.07, 6.45) is 3.79. The van der Waals surface area contributed by atoms with Crippen LogP contribution in [-0.4, -0.2) is 25.5 Å². The van der Waals surface area contributed by atoms with E-state index < -0.39 is 16.0 Å². The third-order valence-electron chi connectivity index (χ3n) is 3.82. The minimum absolute atomic E-state index is 0.190. The van der Waals surface area contributed by atoms with Crippen LogP contribution in [0, 0.1) is 5.92 Å². The summed E-state index contributed by atoms with van der Waals surface area (Å²) in [7, 11) is -3.55. The number of rotatable bonds is 5. The van der Waals surface area contributed by atoms with Crippen molar-refractivity contribution in [2.75, 3.05) is 0 Å². The van der Waals surface area contributed by atoms with Crippen molar-refractivity contribution in [2.45, 2.75) is 36.6 Å². The van der Waals surface area contributed by atoms with Crippen molar-refractivity contribution in [3.63, 3.8) is 0 Å². The molecule has 1 aliphatic carbocycles. The van der Waals surface area contributed by atoms with E-state index in [0.717, 1.165) is 5.56 Å². The summed E-state index contributed by atoms with van der Waals surface area (Å²) in [4.78, 5) is 11.1. The van der Waals surface area contributed by atoms with Crippen molar-refractivity contribution in [2.24, 2.45) is 5.92 Å². The standard InChI is InChI=1S/C15H19NO4S/c1-2-11-3-9-14(10-4-11)21(19,20)16-13-7-5-12(6-8-13)15(17)18/h2-4,9-10,12-13,16H,1,5-8H2,(H,17,18). The number of carboxylic acid groups (broad SMARTS) is 1. The topological polar surface area (TPSA) is 83.5 Å². The summed E-state index contributed by atoms with van der Waals surface area (Å²) in [6.45, 7) is 3.62. The number of sulfonamides is 1. The molecule has 1 aliphatic rings. The van der Waals surface area contributed by atoms with Gasteiger partial charge in [-0.25, -0.2) is 13.1 Å². The molecule has 0 aromatic heterocycles. The van der Waals surface area contributed by atoms with Gasteiger partial charge in [-0.05, 0) is 43.4 Å². The Hall–Kier alpha value is -1.66. The molecule has 0 radical (unpaired) electrons. The van der Waals surface area contributed by atoms with Gasteiger partial charge in [-0.2, -0.15) is 0 Å². The highest BCUT2D eigenvalue weighted by Gasteiger charge is 2.28. The number of carbonyl (C=O) groups is 1. The van der Waals surface area contributed by atoms with E-state index in [1.54, 1.807) is 30.3 Å². The molecule has 0 heterocycles. The Morgan fingerprint density at radius 3 is 2.24 bits per heavy atom. The molecule has 5 nitrogen and oxygen atoms in total. The lowest BCUT2D eigenvalue weighted by molar-refractivity contribution is -0.142. The summed E-state index contributed by atoms with van der Waals surface area (Å²) in [6, 6.07) is 6.29. The van der Waals surface area contributed by atoms with Gasteiger partial charge in [-0.3, -0.25) is 4.79 Å². The molecule has 21 heavy (non-hydrogen) atoms. The van der Waals surface area contributed by atoms with Crippen molar-refractivity contribution in [3.8, 4) is 0 Å². The molecule has 114 valence electrons. The summed E-state index contributed by atoms with van der Waals surface area (Å²) in [5, 5.41) is 8.94. The van der Waals surface area contributed by atoms with Crippen LogP contribution in [0.1, 0.15) is 31.2 Å². The SMILES string of the molecule is C=Cc1ccc(S(=O)(=O)NC2CCC(C(=O)O)CC2)cc1. The fourth-order valence-corrected chi connectivity index (χ4v) is 3.83. The molecule has 0 amide bonds. The van der Waals surface area contributed by atoms with E-state index >= 15 is 0 Å². The third kappa shape index (κ3) is 3.92. The van der Waals surface area contributed by atoms with E-state index in [1.165, 1.54) is 0 Å². The van der Waals surface area contributed by atoms with Crippen LogP contribution in [0.5, 0.6) is 0 Å². The largest absolute Gasteiger partial charge is 0.481 e. The Labute approximate surface area is 124 Å². The van der Waals surface area contributed by atoms with Crippen molar-refractivity contribution < 1.29 is 18.3 Å². The fourth-order valence-electron chi connectivity index (χ4n) is 2.53. The Morgan fingerprint density at radius 2 is 1.76 bits per heavy atom. The average Bonchev–Trinajstić information content (AvgIpc) is 2.47. The van der Waals surface area contributed by atoms with Crippen LogP contribution in [-0.2, 0) is 14.8 Å². The van der Waals surface area contributed by atoms with Crippen LogP contribution in [0.25, 0.3) is 6.08 Å². The number of hydrogen-bond acceptors (Lipinski definition) is 3. The maximum Gasteiger partial charge on any atom is 0.306 e. The van der Waals surface area contributed by atoms with Gasteiger partial charge in [-0.15, -0.1) is 0 Å². The second-order valence-corrected chi connectivity index (χ2v) is 7.00. The number of carboxylic acids is 1. The van der Waals surface area contributed by atoms with Crippen LogP contribution in [0.3, 0.4) is 0 Å². The lowest BCUT2D eigenvalue weighted by atomic mass is 9.87. The molecule has 0 aliphatic heterocycles. The Kier molecular flexibility index (Phi) is 4.80. The lowest BCUT2D eigenvalue weighted by Gasteiger charge is -2.26. The van der Waals surface area contributed by atoms with Crippen LogP contribution in [0.2, 0.25) is 0 Å². The molecule has 0 bridgehead atoms. The molecule has 0 spiro atoms. The van der Waals surface area contributed by atoms with E-state index in [0.29, 0.717) is 25.7 Å². The van der Waals surface area contributed by atoms with Crippen LogP contribution in [0.15, 0.2) is 35.7 Å². The summed E-state index contributed by atoms with van der Waals surface area (Å²) < 4.78 is 27.2. The van der Waals surface area contributed by atoms with Gasteiger partial charge >= 0.3 is 5.97 Å². The number of nitrogens with one attached hydrogen (secondary N) is 1. The van der Waals surface area contributed by atoms with E-state index in [9.17, 15) is 13.2 Å². The summed E-state index contributed by atoms with van der Waals surface area (Å²) in [5.41, 5.74) is 0.857. The fraction of sp³-hybridized carbons (Fsp3) is 0.400. The van der Waals surface area contributed by atoms with Crippen LogP contribution in [0.4, 0.5) is 0 Å². The van der Waals surface area contributed by atoms with Crippen LogP contribution < -0.4 is 4.72 Å². The van der Waals surface area contributed by atoms with Gasteiger partial charge in [0.15, 0.2) is 0 Å². The van der Waals surface area contributed by atoms with Gasteiger partial charge in [-0.1, -0.05) is 24.8 Å². The summed E-state index contributed by atoms with van der Waals surface area (Å²) >= 11 is 0. The molecule has 6 heteroatoms. The van der Waals surface area contributed by atoms with Gasteiger partial charge in [0.05, 0.1) is 10.8 Å². The minimum atomic E-state index is -3.55. The maximum atomic E-state index is 12.3. The first-order chi connectivity index (χ1) is 9.92. The van der Waals surface area contributed by atoms with Gasteiger partial charge in [0.2, 0.25) is 10.0 Å². The monoisotopic (exact) mass is 309 g/mol. The van der Waals surface area contributed by atoms with Gasteiger partial charge in [0.1, 0.15) is 0 Å². The highest BCUT2D eigenvalue weighted by Crippen LogP contribution is 2.25. The van der Waals surface area contributed by atoms with Gasteiger partial charge < -0.3 is 5.11 Å². The predicted octanol–water partition coefficient (Wildman–Crippen LogP) is 2.25. The highest BCUT2D eigenvalue weighted by molar-refractivity contribution is 7.89. The van der Waals surface area contributed by atoms with Crippen molar-refractivity contribution in [3.05, 3.63) is 36.4 Å². The summed E-state index contributed by atoms with van der Waals surface area (Å²) in [5.74, 6) is -1.14. The molecule has 2 rings (SSSR count). The lowest BCUT2D eigenvalue weighted by Crippen LogP contribution is -2.38. The van der Waals surface area contributed by atoms with Crippen molar-refractivity contribution in [1.29, 1.82) is 0 Å². The molecule has 0 unspecified atom stereocenters. The Bertz CT molecular complexity index is 614. The maximum absolute atomic E-state index is 12.3. The number of hydrogen-bond donors (Lipinski definition) is 2. The van der Waals surface area contributed by atoms with Gasteiger partial charge in [0, 0.05) is 6.04 Å². The van der Waals surface area contributed by atoms with E-state index in [-0.39, 0.29) is 16.9 Å². The zero-order chi connectivity index (χ0) is 15.5. The first-order valence-electron chi connectivity index (χ1n) is 6.90. The highest BCUT2D eigenvalue weighted by atomic mass is 32.2. The van der Waals surface area contributed by atoms with Crippen LogP contribution >= 0.6 is 0 Å². The predicted molar refractivity (Wildman–Crippen MR) is 80.2 cm³/mol. The third-order valence-corrected chi connectivity index (χ3v) is 5.36. The zero-order valence-electron chi connectivity index (χ0n) is 11.7. The Balaban J connectivity index is 2.01. The molecule has 0 saturated heterocycles. The molecule has 1 fully saturated rings. The first-order valence-corrected chi connectivity index (χ1v) is 8.38. The second kappa shape index (κ2) is 6.41. The molecular weight excluding hydrogens is 290 g/mol.